The summed E-state index contributed by atoms with van der Waals surface area (Å²) in [5.41, 5.74) is 0.795. The number of anilines is 1. The van der Waals surface area contributed by atoms with Gasteiger partial charge in [-0.3, -0.25) is 9.48 Å². The van der Waals surface area contributed by atoms with Crippen molar-refractivity contribution in [3.8, 4) is 12.1 Å². The second-order valence-corrected chi connectivity index (χ2v) is 3.64. The Kier molecular flexibility index (Phi) is 3.22. The van der Waals surface area contributed by atoms with Crippen LogP contribution in [0.3, 0.4) is 0 Å². The summed E-state index contributed by atoms with van der Waals surface area (Å²) in [6.45, 7) is 0. The van der Waals surface area contributed by atoms with E-state index in [1.807, 2.05) is 12.1 Å². The van der Waals surface area contributed by atoms with Crippen LogP contribution in [0.1, 0.15) is 21.6 Å². The number of carbonyl (C=O) groups is 1. The van der Waals surface area contributed by atoms with E-state index in [1.54, 1.807) is 7.05 Å². The monoisotopic (exact) mass is 252 g/mol. The molecule has 0 radical (unpaired) electrons. The molecule has 0 aliphatic heterocycles. The third-order valence-electron chi connectivity index (χ3n) is 2.42. The Hall–Kier alpha value is -3.19. The van der Waals surface area contributed by atoms with E-state index in [4.69, 9.17) is 10.5 Å². The highest BCUT2D eigenvalue weighted by molar-refractivity contribution is 6.03. The van der Waals surface area contributed by atoms with Crippen LogP contribution in [0.5, 0.6) is 0 Å². The van der Waals surface area contributed by atoms with Gasteiger partial charge in [0, 0.05) is 13.2 Å². The first-order chi connectivity index (χ1) is 9.15. The zero-order chi connectivity index (χ0) is 13.8. The fourth-order valence-corrected chi connectivity index (χ4v) is 1.43. The molecule has 7 nitrogen and oxygen atoms in total. The highest BCUT2D eigenvalue weighted by Crippen LogP contribution is 2.13. The molecule has 0 aromatic carbocycles. The van der Waals surface area contributed by atoms with Crippen LogP contribution in [0.4, 0.5) is 5.82 Å². The van der Waals surface area contributed by atoms with Crippen LogP contribution < -0.4 is 5.32 Å². The third kappa shape index (κ3) is 2.40. The maximum atomic E-state index is 11.9. The lowest BCUT2D eigenvalue weighted by molar-refractivity contribution is 0.102. The molecule has 0 aliphatic rings. The van der Waals surface area contributed by atoms with E-state index >= 15 is 0 Å². The molecular weight excluding hydrogens is 244 g/mol. The van der Waals surface area contributed by atoms with Gasteiger partial charge in [0.25, 0.3) is 5.91 Å². The summed E-state index contributed by atoms with van der Waals surface area (Å²) in [6.07, 6.45) is 2.67. The number of nitrogens with zero attached hydrogens (tertiary/aromatic N) is 5. The van der Waals surface area contributed by atoms with Gasteiger partial charge in [0.15, 0.2) is 0 Å². The molecule has 0 fully saturated rings. The normalized spacial score (nSPS) is 9.42. The molecule has 0 saturated heterocycles. The fraction of sp³-hybridized carbons (Fsp3) is 0.0833. The van der Waals surface area contributed by atoms with Crippen molar-refractivity contribution in [1.82, 2.24) is 14.8 Å². The lowest BCUT2D eigenvalue weighted by Gasteiger charge is -2.05. The molecule has 19 heavy (non-hydrogen) atoms. The number of aromatic nitrogens is 3. The zero-order valence-electron chi connectivity index (χ0n) is 9.95. The summed E-state index contributed by atoms with van der Waals surface area (Å²) in [6, 6.07) is 6.78. The molecule has 2 aromatic heterocycles. The van der Waals surface area contributed by atoms with Crippen molar-refractivity contribution in [2.24, 2.45) is 7.05 Å². The maximum Gasteiger partial charge on any atom is 0.275 e. The van der Waals surface area contributed by atoms with Crippen LogP contribution in [0, 0.1) is 22.7 Å². The molecule has 0 aliphatic carbocycles. The van der Waals surface area contributed by atoms with Gasteiger partial charge in [0.1, 0.15) is 29.2 Å². The Labute approximate surface area is 108 Å². The second kappa shape index (κ2) is 4.98. The van der Waals surface area contributed by atoms with Gasteiger partial charge in [-0.2, -0.15) is 15.6 Å². The third-order valence-corrected chi connectivity index (χ3v) is 2.42. The number of pyridine rings is 1. The Balaban J connectivity index is 2.24. The standard InChI is InChI=1S/C12H8N6O/c1-18-11(9(5-14)7-16-18)17-12(19)10-3-2-8(4-13)6-15-10/h2-3,6-7H,1H3,(H,17,19). The summed E-state index contributed by atoms with van der Waals surface area (Å²) >= 11 is 0. The summed E-state index contributed by atoms with van der Waals surface area (Å²) in [4.78, 5) is 15.8. The number of rotatable bonds is 2. The Bertz CT molecular complexity index is 701. The average Bonchev–Trinajstić information content (AvgIpc) is 2.79. The van der Waals surface area contributed by atoms with Gasteiger partial charge in [-0.25, -0.2) is 4.98 Å². The molecule has 7 heteroatoms. The molecule has 0 saturated carbocycles. The van der Waals surface area contributed by atoms with Crippen LogP contribution in [0.25, 0.3) is 0 Å². The molecule has 1 amide bonds. The van der Waals surface area contributed by atoms with Crippen LogP contribution in [-0.4, -0.2) is 20.7 Å². The smallest absolute Gasteiger partial charge is 0.275 e. The van der Waals surface area contributed by atoms with Crippen molar-refractivity contribution in [2.45, 2.75) is 0 Å². The highest BCUT2D eigenvalue weighted by atomic mass is 16.2. The quantitative estimate of drug-likeness (QED) is 0.850. The van der Waals surface area contributed by atoms with E-state index in [0.717, 1.165) is 0 Å². The highest BCUT2D eigenvalue weighted by Gasteiger charge is 2.13. The van der Waals surface area contributed by atoms with E-state index in [1.165, 1.54) is 29.2 Å². The van der Waals surface area contributed by atoms with Crippen molar-refractivity contribution >= 4 is 11.7 Å². The van der Waals surface area contributed by atoms with Gasteiger partial charge >= 0.3 is 0 Å². The van der Waals surface area contributed by atoms with E-state index < -0.39 is 5.91 Å². The van der Waals surface area contributed by atoms with E-state index in [-0.39, 0.29) is 11.3 Å². The van der Waals surface area contributed by atoms with Gasteiger partial charge in [-0.15, -0.1) is 0 Å². The molecule has 92 valence electrons. The molecular formula is C12H8N6O. The van der Waals surface area contributed by atoms with Crippen molar-refractivity contribution < 1.29 is 4.79 Å². The van der Waals surface area contributed by atoms with Crippen molar-refractivity contribution in [3.63, 3.8) is 0 Å². The minimum Gasteiger partial charge on any atom is -0.304 e. The van der Waals surface area contributed by atoms with Crippen LogP contribution >= 0.6 is 0 Å². The first kappa shape index (κ1) is 12.3. The van der Waals surface area contributed by atoms with E-state index in [2.05, 4.69) is 15.4 Å². The molecule has 0 unspecified atom stereocenters. The zero-order valence-corrected chi connectivity index (χ0v) is 9.95. The van der Waals surface area contributed by atoms with Crippen LogP contribution in [-0.2, 0) is 7.05 Å². The SMILES string of the molecule is Cn1ncc(C#N)c1NC(=O)c1ccc(C#N)cn1. The number of hydrogen-bond acceptors (Lipinski definition) is 5. The van der Waals surface area contributed by atoms with Crippen LogP contribution in [0.15, 0.2) is 24.5 Å². The van der Waals surface area contributed by atoms with E-state index in [0.29, 0.717) is 11.4 Å². The Morgan fingerprint density at radius 1 is 1.32 bits per heavy atom. The summed E-state index contributed by atoms with van der Waals surface area (Å²) < 4.78 is 1.39. The van der Waals surface area contributed by atoms with Crippen molar-refractivity contribution in [1.29, 1.82) is 10.5 Å². The largest absolute Gasteiger partial charge is 0.304 e. The lowest BCUT2D eigenvalue weighted by Crippen LogP contribution is -2.16. The number of nitriles is 2. The van der Waals surface area contributed by atoms with Gasteiger partial charge in [-0.1, -0.05) is 0 Å². The molecule has 2 heterocycles. The number of amides is 1. The van der Waals surface area contributed by atoms with Gasteiger partial charge in [-0.05, 0) is 12.1 Å². The minimum atomic E-state index is -0.468. The van der Waals surface area contributed by atoms with Crippen molar-refractivity contribution in [3.05, 3.63) is 41.3 Å². The minimum absolute atomic E-state index is 0.157. The lowest BCUT2D eigenvalue weighted by atomic mass is 10.2. The number of aryl methyl sites for hydroxylation is 1. The fourth-order valence-electron chi connectivity index (χ4n) is 1.43. The topological polar surface area (TPSA) is 107 Å². The molecule has 1 N–H and O–H groups in total. The summed E-state index contributed by atoms with van der Waals surface area (Å²) in [5.74, 6) is -0.164. The van der Waals surface area contributed by atoms with Gasteiger partial charge in [0.2, 0.25) is 0 Å². The average molecular weight is 252 g/mol. The molecule has 2 rings (SSSR count). The molecule has 0 spiro atoms. The Morgan fingerprint density at radius 3 is 2.68 bits per heavy atom. The molecule has 0 bridgehead atoms. The molecule has 0 atom stereocenters. The summed E-state index contributed by atoms with van der Waals surface area (Å²) in [5, 5.41) is 24.0. The maximum absolute atomic E-state index is 11.9. The first-order valence-corrected chi connectivity index (χ1v) is 5.25. The second-order valence-electron chi connectivity index (χ2n) is 3.64. The molecule has 2 aromatic rings. The number of carbonyl (C=O) groups excluding carboxylic acids is 1. The summed E-state index contributed by atoms with van der Waals surface area (Å²) in [7, 11) is 1.61. The van der Waals surface area contributed by atoms with Gasteiger partial charge < -0.3 is 5.32 Å². The Morgan fingerprint density at radius 2 is 2.11 bits per heavy atom. The first-order valence-electron chi connectivity index (χ1n) is 5.25. The van der Waals surface area contributed by atoms with Crippen molar-refractivity contribution in [2.75, 3.05) is 5.32 Å². The van der Waals surface area contributed by atoms with E-state index in [9.17, 15) is 4.79 Å². The van der Waals surface area contributed by atoms with Crippen LogP contribution in [0.2, 0.25) is 0 Å². The predicted octanol–water partition coefficient (Wildman–Crippen LogP) is 0.811. The predicted molar refractivity (Wildman–Crippen MR) is 64.8 cm³/mol. The van der Waals surface area contributed by atoms with Gasteiger partial charge in [0.05, 0.1) is 11.8 Å². The number of nitrogens with one attached hydrogen (secondary N) is 1. The number of hydrogen-bond donors (Lipinski definition) is 1.